The first-order valence-corrected chi connectivity index (χ1v) is 7.26. The number of benzene rings is 1. The van der Waals surface area contributed by atoms with Gasteiger partial charge in [0.15, 0.2) is 0 Å². The van der Waals surface area contributed by atoms with Gasteiger partial charge in [-0.25, -0.2) is 0 Å². The van der Waals surface area contributed by atoms with Gasteiger partial charge >= 0.3 is 0 Å². The number of hydrogen-bond acceptors (Lipinski definition) is 2. The summed E-state index contributed by atoms with van der Waals surface area (Å²) in [4.78, 5) is 2.58. The van der Waals surface area contributed by atoms with Gasteiger partial charge in [0, 0.05) is 23.1 Å². The lowest BCUT2D eigenvalue weighted by Crippen LogP contribution is -2.35. The third kappa shape index (κ3) is 2.05. The van der Waals surface area contributed by atoms with E-state index in [0.717, 1.165) is 6.54 Å². The molecule has 92 valence electrons. The van der Waals surface area contributed by atoms with Crippen molar-refractivity contribution in [3.63, 3.8) is 0 Å². The molecule has 3 rings (SSSR count). The van der Waals surface area contributed by atoms with Crippen molar-refractivity contribution in [1.82, 2.24) is 10.2 Å². The van der Waals surface area contributed by atoms with Gasteiger partial charge in [0.2, 0.25) is 0 Å². The van der Waals surface area contributed by atoms with Crippen LogP contribution in [0.5, 0.6) is 0 Å². The first kappa shape index (κ1) is 11.7. The number of nitrogens with zero attached hydrogens (tertiary/aromatic N) is 1. The molecule has 1 heterocycles. The second kappa shape index (κ2) is 4.71. The average molecular weight is 295 g/mol. The molecule has 3 heteroatoms. The maximum Gasteiger partial charge on any atom is 0.0354 e. The van der Waals surface area contributed by atoms with Crippen molar-refractivity contribution in [3.8, 4) is 0 Å². The summed E-state index contributed by atoms with van der Waals surface area (Å²) in [5.41, 5.74) is 3.06. The summed E-state index contributed by atoms with van der Waals surface area (Å²) in [6, 6.07) is 7.97. The number of halogens is 1. The minimum atomic E-state index is 0.618. The molecule has 1 aliphatic carbocycles. The van der Waals surface area contributed by atoms with Gasteiger partial charge in [0.25, 0.3) is 0 Å². The van der Waals surface area contributed by atoms with Gasteiger partial charge in [-0.2, -0.15) is 0 Å². The van der Waals surface area contributed by atoms with E-state index in [-0.39, 0.29) is 0 Å². The van der Waals surface area contributed by atoms with Crippen molar-refractivity contribution in [2.75, 3.05) is 20.1 Å². The Hall–Kier alpha value is -0.380. The van der Waals surface area contributed by atoms with Crippen LogP contribution in [0.25, 0.3) is 0 Å². The number of nitrogens with one attached hydrogen (secondary N) is 1. The highest BCUT2D eigenvalue weighted by atomic mass is 79.9. The Morgan fingerprint density at radius 2 is 2.24 bits per heavy atom. The molecule has 1 fully saturated rings. The van der Waals surface area contributed by atoms with Gasteiger partial charge in [-0.05, 0) is 50.0 Å². The van der Waals surface area contributed by atoms with Crippen molar-refractivity contribution in [2.45, 2.75) is 31.3 Å². The van der Waals surface area contributed by atoms with Crippen molar-refractivity contribution in [2.24, 2.45) is 0 Å². The molecule has 0 bridgehead atoms. The maximum absolute atomic E-state index is 3.68. The molecule has 2 unspecified atom stereocenters. The Morgan fingerprint density at radius 3 is 3.00 bits per heavy atom. The lowest BCUT2D eigenvalue weighted by molar-refractivity contribution is 0.184. The Morgan fingerprint density at radius 1 is 1.35 bits per heavy atom. The molecule has 2 aliphatic rings. The zero-order valence-electron chi connectivity index (χ0n) is 10.2. The molecule has 1 saturated heterocycles. The largest absolute Gasteiger partial charge is 0.315 e. The van der Waals surface area contributed by atoms with Crippen LogP contribution in [0.4, 0.5) is 0 Å². The Labute approximate surface area is 112 Å². The second-order valence-corrected chi connectivity index (χ2v) is 6.03. The summed E-state index contributed by atoms with van der Waals surface area (Å²) in [5, 5.41) is 3.46. The van der Waals surface area contributed by atoms with Crippen molar-refractivity contribution in [3.05, 3.63) is 33.8 Å². The number of rotatable bonds is 2. The van der Waals surface area contributed by atoms with Crippen molar-refractivity contribution >= 4 is 15.9 Å². The Balaban J connectivity index is 1.85. The first-order chi connectivity index (χ1) is 8.27. The smallest absolute Gasteiger partial charge is 0.0354 e. The summed E-state index contributed by atoms with van der Waals surface area (Å²) in [6.07, 6.45) is 3.77. The fourth-order valence-corrected chi connectivity index (χ4v) is 3.83. The molecule has 17 heavy (non-hydrogen) atoms. The van der Waals surface area contributed by atoms with Crippen LogP contribution in [-0.4, -0.2) is 31.1 Å². The number of likely N-dealkylation sites (N-methyl/N-ethyl adjacent to an activating group) is 1. The third-order valence-corrected chi connectivity index (χ3v) is 5.03. The highest BCUT2D eigenvalue weighted by molar-refractivity contribution is 9.10. The molecule has 0 radical (unpaired) electrons. The minimum Gasteiger partial charge on any atom is -0.315 e. The van der Waals surface area contributed by atoms with E-state index >= 15 is 0 Å². The lowest BCUT2D eigenvalue weighted by Gasteiger charge is -2.30. The molecule has 1 aromatic rings. The molecule has 2 nitrogen and oxygen atoms in total. The van der Waals surface area contributed by atoms with Crippen LogP contribution < -0.4 is 5.32 Å². The van der Waals surface area contributed by atoms with Gasteiger partial charge < -0.3 is 5.32 Å². The summed E-state index contributed by atoms with van der Waals surface area (Å²) in [6.45, 7) is 2.32. The molecule has 2 atom stereocenters. The van der Waals surface area contributed by atoms with Gasteiger partial charge in [-0.15, -0.1) is 0 Å². The van der Waals surface area contributed by atoms with Crippen LogP contribution in [0.3, 0.4) is 0 Å². The van der Waals surface area contributed by atoms with Crippen LogP contribution in [0.2, 0.25) is 0 Å². The fraction of sp³-hybridized carbons (Fsp3) is 0.571. The monoisotopic (exact) mass is 294 g/mol. The van der Waals surface area contributed by atoms with E-state index < -0.39 is 0 Å². The standard InChI is InChI=1S/C14H19BrN2/c1-17(10-7-8-16-9-10)14-6-5-11-12(14)3-2-4-13(11)15/h2-4,10,14,16H,5-9H2,1H3. The number of fused-ring (bicyclic) bond motifs is 1. The molecule has 0 spiro atoms. The first-order valence-electron chi connectivity index (χ1n) is 6.47. The van der Waals surface area contributed by atoms with Crippen LogP contribution in [0.15, 0.2) is 22.7 Å². The highest BCUT2D eigenvalue weighted by Gasteiger charge is 2.31. The van der Waals surface area contributed by atoms with Crippen molar-refractivity contribution in [1.29, 1.82) is 0 Å². The normalized spacial score (nSPS) is 27.7. The minimum absolute atomic E-state index is 0.618. The molecular weight excluding hydrogens is 276 g/mol. The summed E-state index contributed by atoms with van der Waals surface area (Å²) >= 11 is 3.68. The Kier molecular flexibility index (Phi) is 3.24. The fourth-order valence-electron chi connectivity index (χ4n) is 3.25. The summed E-state index contributed by atoms with van der Waals surface area (Å²) in [5.74, 6) is 0. The van der Waals surface area contributed by atoms with Gasteiger partial charge in [-0.1, -0.05) is 28.1 Å². The lowest BCUT2D eigenvalue weighted by atomic mass is 10.1. The SMILES string of the molecule is CN(C1CCNC1)C1CCc2c(Br)cccc21. The molecule has 0 aromatic heterocycles. The maximum atomic E-state index is 3.68. The van der Waals surface area contributed by atoms with Gasteiger partial charge in [0.05, 0.1) is 0 Å². The molecule has 1 aliphatic heterocycles. The molecule has 0 amide bonds. The topological polar surface area (TPSA) is 15.3 Å². The predicted octanol–water partition coefficient (Wildman–Crippen LogP) is 2.73. The van der Waals surface area contributed by atoms with Crippen molar-refractivity contribution < 1.29 is 0 Å². The highest BCUT2D eigenvalue weighted by Crippen LogP contribution is 2.39. The average Bonchev–Trinajstić information content (AvgIpc) is 2.98. The van der Waals surface area contributed by atoms with E-state index in [0.29, 0.717) is 12.1 Å². The van der Waals surface area contributed by atoms with Crippen LogP contribution in [-0.2, 0) is 6.42 Å². The van der Waals surface area contributed by atoms with E-state index in [9.17, 15) is 0 Å². The summed E-state index contributed by atoms with van der Waals surface area (Å²) < 4.78 is 1.29. The second-order valence-electron chi connectivity index (χ2n) is 5.17. The van der Waals surface area contributed by atoms with E-state index in [1.54, 1.807) is 0 Å². The van der Waals surface area contributed by atoms with Gasteiger partial charge in [-0.3, -0.25) is 4.90 Å². The summed E-state index contributed by atoms with van der Waals surface area (Å²) in [7, 11) is 2.29. The van der Waals surface area contributed by atoms with Gasteiger partial charge in [0.1, 0.15) is 0 Å². The Bertz CT molecular complexity index is 413. The van der Waals surface area contributed by atoms with Crippen LogP contribution >= 0.6 is 15.9 Å². The molecular formula is C14H19BrN2. The molecule has 1 aromatic carbocycles. The quantitative estimate of drug-likeness (QED) is 0.902. The predicted molar refractivity (Wildman–Crippen MR) is 74.2 cm³/mol. The van der Waals surface area contributed by atoms with Crippen LogP contribution in [0.1, 0.15) is 30.0 Å². The zero-order valence-corrected chi connectivity index (χ0v) is 11.8. The molecule has 0 saturated carbocycles. The third-order valence-electron chi connectivity index (χ3n) is 4.28. The van der Waals surface area contributed by atoms with E-state index in [2.05, 4.69) is 51.4 Å². The van der Waals surface area contributed by atoms with E-state index in [1.165, 1.54) is 41.4 Å². The van der Waals surface area contributed by atoms with Crippen LogP contribution in [0, 0.1) is 0 Å². The van der Waals surface area contributed by atoms with E-state index in [4.69, 9.17) is 0 Å². The molecule has 1 N–H and O–H groups in total. The number of hydrogen-bond donors (Lipinski definition) is 1. The zero-order chi connectivity index (χ0) is 11.8. The van der Waals surface area contributed by atoms with E-state index in [1.807, 2.05) is 0 Å².